The normalized spacial score (nSPS) is 7.50. The number of hydrogen-bond donors (Lipinski definition) is 1. The molecule has 0 aromatic heterocycles. The van der Waals surface area contributed by atoms with Crippen LogP contribution in [0.4, 0.5) is 0 Å². The van der Waals surface area contributed by atoms with E-state index in [1.807, 2.05) is 14.1 Å². The molecule has 0 saturated heterocycles. The molecule has 0 saturated carbocycles. The molecule has 3 heteroatoms. The fourth-order valence-electron chi connectivity index (χ4n) is 0. The first kappa shape index (κ1) is 5.53. The van der Waals surface area contributed by atoms with Crippen LogP contribution in [-0.4, -0.2) is 32.2 Å². The molecule has 0 amide bonds. The molecule has 0 heterocycles. The third-order valence-electron chi connectivity index (χ3n) is 0.574. The van der Waals surface area contributed by atoms with E-state index in [1.165, 1.54) is 0 Å². The van der Waals surface area contributed by atoms with Crippen LogP contribution >= 0.6 is 0 Å². The van der Waals surface area contributed by atoms with E-state index in [0.29, 0.717) is 5.71 Å². The second-order valence-corrected chi connectivity index (χ2v) is 1.39. The van der Waals surface area contributed by atoms with Crippen molar-refractivity contribution in [3.63, 3.8) is 0 Å². The minimum atomic E-state index is 0.593. The molecular formula is C3H9BN2. The predicted molar refractivity (Wildman–Crippen MR) is 30.0 cm³/mol. The average molecular weight is 83.9 g/mol. The van der Waals surface area contributed by atoms with Gasteiger partial charge in [0, 0.05) is 0 Å². The predicted octanol–water partition coefficient (Wildman–Crippen LogP) is -1.51. The van der Waals surface area contributed by atoms with Gasteiger partial charge in [-0.25, -0.2) is 0 Å². The maximum absolute atomic E-state index is 5.17. The SMILES string of the molecule is B=C(N)N(C)C. The summed E-state index contributed by atoms with van der Waals surface area (Å²) in [6.45, 7) is 0. The molecule has 6 heavy (non-hydrogen) atoms. The van der Waals surface area contributed by atoms with Gasteiger partial charge in [0.05, 0.1) is 0 Å². The molecule has 0 atom stereocenters. The third kappa shape index (κ3) is 1.82. The molecule has 0 aliphatic carbocycles. The second-order valence-electron chi connectivity index (χ2n) is 1.39. The Hall–Kier alpha value is -0.465. The minimum absolute atomic E-state index is 0.593. The molecular weight excluding hydrogens is 74.9 g/mol. The first-order valence-corrected chi connectivity index (χ1v) is 1.76. The van der Waals surface area contributed by atoms with Crippen LogP contribution in [0, 0.1) is 0 Å². The van der Waals surface area contributed by atoms with E-state index < -0.39 is 0 Å². The molecule has 0 unspecified atom stereocenters. The summed E-state index contributed by atoms with van der Waals surface area (Å²) in [5.41, 5.74) is 5.76. The number of nitrogens with zero attached hydrogens (tertiary/aromatic N) is 1. The summed E-state index contributed by atoms with van der Waals surface area (Å²) in [7, 11) is 7.16. The molecule has 0 aliphatic rings. The van der Waals surface area contributed by atoms with E-state index in [9.17, 15) is 0 Å². The maximum atomic E-state index is 5.17. The Bertz CT molecular complexity index is 59.8. The molecule has 0 aromatic carbocycles. The zero-order valence-electron chi connectivity index (χ0n) is 4.23. The molecule has 0 aliphatic heterocycles. The van der Waals surface area contributed by atoms with E-state index in [4.69, 9.17) is 5.73 Å². The zero-order chi connectivity index (χ0) is 5.15. The molecule has 2 N–H and O–H groups in total. The summed E-state index contributed by atoms with van der Waals surface area (Å²) in [5.74, 6) is 0. The Kier molecular flexibility index (Phi) is 1.71. The van der Waals surface area contributed by atoms with E-state index in [0.717, 1.165) is 0 Å². The molecule has 2 nitrogen and oxygen atoms in total. The summed E-state index contributed by atoms with van der Waals surface area (Å²) >= 11 is 0. The van der Waals surface area contributed by atoms with Gasteiger partial charge in [0.25, 0.3) is 0 Å². The van der Waals surface area contributed by atoms with Crippen molar-refractivity contribution in [3.8, 4) is 0 Å². The quantitative estimate of drug-likeness (QED) is 0.391. The van der Waals surface area contributed by atoms with Gasteiger partial charge in [0.1, 0.15) is 0 Å². The van der Waals surface area contributed by atoms with Crippen molar-refractivity contribution in [1.29, 1.82) is 0 Å². The fourth-order valence-corrected chi connectivity index (χ4v) is 0. The van der Waals surface area contributed by atoms with Crippen molar-refractivity contribution in [2.24, 2.45) is 5.73 Å². The fraction of sp³-hybridized carbons (Fsp3) is 0.667. The van der Waals surface area contributed by atoms with Gasteiger partial charge in [-0.05, 0) is 0 Å². The first-order valence-electron chi connectivity index (χ1n) is 1.76. The van der Waals surface area contributed by atoms with Crippen molar-refractivity contribution in [2.45, 2.75) is 0 Å². The van der Waals surface area contributed by atoms with Crippen LogP contribution in [-0.2, 0) is 0 Å². The van der Waals surface area contributed by atoms with Crippen molar-refractivity contribution >= 4 is 13.2 Å². The van der Waals surface area contributed by atoms with E-state index >= 15 is 0 Å². The average Bonchev–Trinajstić information content (AvgIpc) is 1.36. The Balaban J connectivity index is 3.26. The van der Waals surface area contributed by atoms with Crippen molar-refractivity contribution in [1.82, 2.24) is 4.90 Å². The number of rotatable bonds is 1. The summed E-state index contributed by atoms with van der Waals surface area (Å²) < 4.78 is 0. The van der Waals surface area contributed by atoms with Crippen LogP contribution in [0.5, 0.6) is 0 Å². The summed E-state index contributed by atoms with van der Waals surface area (Å²) in [6.07, 6.45) is 0. The van der Waals surface area contributed by atoms with Gasteiger partial charge < -0.3 is 0 Å². The number of nitrogens with two attached hydrogens (primary N) is 1. The van der Waals surface area contributed by atoms with Gasteiger partial charge >= 0.3 is 37.9 Å². The molecule has 0 rings (SSSR count). The topological polar surface area (TPSA) is 29.3 Å². The molecule has 0 aromatic rings. The van der Waals surface area contributed by atoms with E-state index in [-0.39, 0.29) is 0 Å². The van der Waals surface area contributed by atoms with Gasteiger partial charge in [-0.2, -0.15) is 0 Å². The van der Waals surface area contributed by atoms with Gasteiger partial charge in [-0.15, -0.1) is 0 Å². The van der Waals surface area contributed by atoms with Gasteiger partial charge in [-0.3, -0.25) is 0 Å². The molecule has 0 radical (unpaired) electrons. The summed E-state index contributed by atoms with van der Waals surface area (Å²) in [5, 5.41) is 0. The number of hydrogen-bond acceptors (Lipinski definition) is 2. The van der Waals surface area contributed by atoms with Crippen molar-refractivity contribution in [2.75, 3.05) is 14.1 Å². The second kappa shape index (κ2) is 1.85. The Morgan fingerprint density at radius 1 is 1.67 bits per heavy atom. The van der Waals surface area contributed by atoms with Crippen LogP contribution in [0.3, 0.4) is 0 Å². The van der Waals surface area contributed by atoms with E-state index in [1.54, 1.807) is 4.90 Å². The van der Waals surface area contributed by atoms with Gasteiger partial charge in [0.15, 0.2) is 0 Å². The molecule has 0 spiro atoms. The standard InChI is InChI=1S/C3H9BN2/c1-6(2)3(4)5/h4H,5H2,1-2H3. The molecule has 34 valence electrons. The summed E-state index contributed by atoms with van der Waals surface area (Å²) in [6, 6.07) is 0. The summed E-state index contributed by atoms with van der Waals surface area (Å²) in [4.78, 5) is 1.75. The zero-order valence-corrected chi connectivity index (χ0v) is 4.23. The monoisotopic (exact) mass is 84.1 g/mol. The van der Waals surface area contributed by atoms with Crippen LogP contribution in [0.25, 0.3) is 0 Å². The van der Waals surface area contributed by atoms with Crippen molar-refractivity contribution in [3.05, 3.63) is 0 Å². The Morgan fingerprint density at radius 3 is 1.83 bits per heavy atom. The van der Waals surface area contributed by atoms with Crippen LogP contribution in [0.15, 0.2) is 0 Å². The Labute approximate surface area is 39.0 Å². The van der Waals surface area contributed by atoms with Crippen molar-refractivity contribution < 1.29 is 0 Å². The van der Waals surface area contributed by atoms with Crippen LogP contribution in [0.1, 0.15) is 0 Å². The van der Waals surface area contributed by atoms with Gasteiger partial charge in [-0.1, -0.05) is 0 Å². The first-order chi connectivity index (χ1) is 2.64. The Morgan fingerprint density at radius 2 is 1.83 bits per heavy atom. The van der Waals surface area contributed by atoms with Gasteiger partial charge in [0.2, 0.25) is 0 Å². The molecule has 0 bridgehead atoms. The van der Waals surface area contributed by atoms with E-state index in [2.05, 4.69) is 7.49 Å². The van der Waals surface area contributed by atoms with Crippen LogP contribution < -0.4 is 5.73 Å². The van der Waals surface area contributed by atoms with Crippen LogP contribution in [0.2, 0.25) is 0 Å². The third-order valence-corrected chi connectivity index (χ3v) is 0.574. The molecule has 0 fully saturated rings.